The summed E-state index contributed by atoms with van der Waals surface area (Å²) in [6, 6.07) is 13.7. The van der Waals surface area contributed by atoms with Crippen LogP contribution in [0.15, 0.2) is 63.6 Å². The van der Waals surface area contributed by atoms with Gasteiger partial charge in [0.05, 0.1) is 0 Å². The molecule has 0 radical (unpaired) electrons. The summed E-state index contributed by atoms with van der Waals surface area (Å²) in [6.07, 6.45) is 0.528. The molecule has 28 heavy (non-hydrogen) atoms. The molecular weight excluding hydrogens is 366 g/mol. The Morgan fingerprint density at radius 1 is 0.857 bits per heavy atom. The van der Waals surface area contributed by atoms with E-state index in [4.69, 9.17) is 9.05 Å². The first kappa shape index (κ1) is 17.8. The fraction of sp³-hybridized carbons (Fsp3) is 0.150. The molecule has 2 aromatic heterocycles. The maximum absolute atomic E-state index is 13.0. The molecule has 0 aliphatic heterocycles. The second-order valence-electron chi connectivity index (χ2n) is 6.25. The second kappa shape index (κ2) is 7.59. The number of nitrogens with zero attached hydrogens (tertiary/aromatic N) is 4. The number of anilines is 1. The minimum absolute atomic E-state index is 0.305. The average molecular weight is 382 g/mol. The minimum atomic E-state index is -0.322. The first-order chi connectivity index (χ1) is 13.6. The Balaban J connectivity index is 1.39. The molecule has 142 valence electrons. The summed E-state index contributed by atoms with van der Waals surface area (Å²) >= 11 is 0. The molecule has 0 bridgehead atoms. The third kappa shape index (κ3) is 3.90. The van der Waals surface area contributed by atoms with Crippen LogP contribution in [0, 0.1) is 11.6 Å². The highest BCUT2D eigenvalue weighted by Crippen LogP contribution is 2.24. The topological polar surface area (TPSA) is 68.2 Å². The fourth-order valence-corrected chi connectivity index (χ4v) is 2.64. The monoisotopic (exact) mass is 382 g/mol. The van der Waals surface area contributed by atoms with E-state index in [1.54, 1.807) is 30.3 Å². The lowest BCUT2D eigenvalue weighted by atomic mass is 10.2. The van der Waals surface area contributed by atoms with E-state index in [1.165, 1.54) is 24.3 Å². The van der Waals surface area contributed by atoms with Crippen molar-refractivity contribution in [2.75, 3.05) is 18.5 Å². The van der Waals surface area contributed by atoms with Crippen LogP contribution in [0.5, 0.6) is 0 Å². The Bertz CT molecular complexity index is 1060. The van der Waals surface area contributed by atoms with Crippen molar-refractivity contribution in [2.45, 2.75) is 6.42 Å². The van der Waals surface area contributed by atoms with Gasteiger partial charge in [0.2, 0.25) is 0 Å². The molecule has 0 spiro atoms. The van der Waals surface area contributed by atoms with Crippen LogP contribution in [0.3, 0.4) is 0 Å². The van der Waals surface area contributed by atoms with Gasteiger partial charge in [0.1, 0.15) is 11.6 Å². The van der Waals surface area contributed by atoms with Crippen LogP contribution in [-0.4, -0.2) is 28.9 Å². The molecular formula is C20H16F2N4O2. The Kier molecular flexibility index (Phi) is 4.84. The lowest BCUT2D eigenvalue weighted by Gasteiger charge is -2.13. The summed E-state index contributed by atoms with van der Waals surface area (Å²) in [5, 5.41) is 8.00. The fourth-order valence-electron chi connectivity index (χ4n) is 2.64. The van der Waals surface area contributed by atoms with Crippen LogP contribution < -0.4 is 4.90 Å². The van der Waals surface area contributed by atoms with Crippen LogP contribution in [-0.2, 0) is 6.42 Å². The third-order valence-electron chi connectivity index (χ3n) is 4.25. The van der Waals surface area contributed by atoms with Gasteiger partial charge in [-0.15, -0.1) is 0 Å². The van der Waals surface area contributed by atoms with Gasteiger partial charge in [-0.3, -0.25) is 0 Å². The Hall–Kier alpha value is -3.55. The third-order valence-corrected chi connectivity index (χ3v) is 4.25. The summed E-state index contributed by atoms with van der Waals surface area (Å²) in [4.78, 5) is 6.22. The maximum atomic E-state index is 13.0. The van der Waals surface area contributed by atoms with Gasteiger partial charge in [-0.25, -0.2) is 8.78 Å². The van der Waals surface area contributed by atoms with Crippen LogP contribution >= 0.6 is 0 Å². The number of halogens is 2. The molecule has 4 aromatic rings. The molecule has 0 unspecified atom stereocenters. The number of hydrogen-bond acceptors (Lipinski definition) is 6. The Morgan fingerprint density at radius 2 is 1.50 bits per heavy atom. The molecule has 6 nitrogen and oxygen atoms in total. The van der Waals surface area contributed by atoms with Crippen molar-refractivity contribution in [3.8, 4) is 22.8 Å². The zero-order valence-corrected chi connectivity index (χ0v) is 15.0. The van der Waals surface area contributed by atoms with Gasteiger partial charge >= 0.3 is 0 Å². The summed E-state index contributed by atoms with van der Waals surface area (Å²) in [6.45, 7) is 0.581. The number of rotatable bonds is 6. The van der Waals surface area contributed by atoms with Crippen molar-refractivity contribution >= 4 is 5.82 Å². The molecule has 2 heterocycles. The smallest absolute Gasteiger partial charge is 0.257 e. The normalized spacial score (nSPS) is 11.0. The number of aromatic nitrogens is 3. The van der Waals surface area contributed by atoms with Crippen LogP contribution in [0.4, 0.5) is 14.6 Å². The van der Waals surface area contributed by atoms with E-state index in [2.05, 4.69) is 15.3 Å². The van der Waals surface area contributed by atoms with E-state index in [0.717, 1.165) is 5.56 Å². The molecule has 8 heteroatoms. The van der Waals surface area contributed by atoms with Crippen molar-refractivity contribution in [3.05, 3.63) is 72.1 Å². The largest absolute Gasteiger partial charge is 0.356 e. The highest BCUT2D eigenvalue weighted by atomic mass is 19.1. The van der Waals surface area contributed by atoms with Crippen molar-refractivity contribution < 1.29 is 17.8 Å². The van der Waals surface area contributed by atoms with E-state index < -0.39 is 0 Å². The first-order valence-electron chi connectivity index (χ1n) is 8.61. The number of hydrogen-bond donors (Lipinski definition) is 0. The number of benzene rings is 2. The maximum Gasteiger partial charge on any atom is 0.257 e. The SMILES string of the molecule is CN(CCc1noc(-c2ccc(F)cc2)n1)c1cc(-c2ccc(F)cc2)on1. The standard InChI is InChI=1S/C20H16F2N4O2/c1-26(19-12-17(27-25-19)13-2-6-15(21)7-3-13)11-10-18-23-20(28-24-18)14-4-8-16(22)9-5-14/h2-9,12H,10-11H2,1H3. The molecule has 0 fully saturated rings. The highest BCUT2D eigenvalue weighted by molar-refractivity contribution is 5.61. The van der Waals surface area contributed by atoms with Crippen LogP contribution in [0.25, 0.3) is 22.8 Å². The molecule has 0 aliphatic rings. The first-order valence-corrected chi connectivity index (χ1v) is 8.61. The number of likely N-dealkylation sites (N-methyl/N-ethyl adjacent to an activating group) is 1. The zero-order chi connectivity index (χ0) is 19.5. The summed E-state index contributed by atoms with van der Waals surface area (Å²) in [7, 11) is 1.87. The highest BCUT2D eigenvalue weighted by Gasteiger charge is 2.13. The van der Waals surface area contributed by atoms with Crippen molar-refractivity contribution in [3.63, 3.8) is 0 Å². The van der Waals surface area contributed by atoms with E-state index in [-0.39, 0.29) is 11.6 Å². The second-order valence-corrected chi connectivity index (χ2v) is 6.25. The minimum Gasteiger partial charge on any atom is -0.356 e. The Labute approximate surface area is 159 Å². The molecule has 0 saturated heterocycles. The van der Waals surface area contributed by atoms with E-state index in [1.807, 2.05) is 11.9 Å². The Morgan fingerprint density at radius 3 is 2.18 bits per heavy atom. The van der Waals surface area contributed by atoms with Crippen LogP contribution in [0.2, 0.25) is 0 Å². The van der Waals surface area contributed by atoms with Gasteiger partial charge < -0.3 is 13.9 Å². The van der Waals surface area contributed by atoms with Gasteiger partial charge in [-0.05, 0) is 48.5 Å². The van der Waals surface area contributed by atoms with Crippen LogP contribution in [0.1, 0.15) is 5.82 Å². The predicted molar refractivity (Wildman–Crippen MR) is 98.6 cm³/mol. The molecule has 0 atom stereocenters. The predicted octanol–water partition coefficient (Wildman–Crippen LogP) is 4.35. The molecule has 4 rings (SSSR count). The molecule has 2 aromatic carbocycles. The molecule has 0 saturated carbocycles. The van der Waals surface area contributed by atoms with Crippen molar-refractivity contribution in [1.82, 2.24) is 15.3 Å². The summed E-state index contributed by atoms with van der Waals surface area (Å²) < 4.78 is 36.6. The molecule has 0 aliphatic carbocycles. The average Bonchev–Trinajstić information content (AvgIpc) is 3.37. The van der Waals surface area contributed by atoms with E-state index in [9.17, 15) is 8.78 Å². The lowest BCUT2D eigenvalue weighted by Crippen LogP contribution is -2.20. The molecule has 0 amide bonds. The van der Waals surface area contributed by atoms with Gasteiger partial charge in [-0.2, -0.15) is 4.98 Å². The lowest BCUT2D eigenvalue weighted by molar-refractivity contribution is 0.421. The summed E-state index contributed by atoms with van der Waals surface area (Å²) in [5.74, 6) is 1.45. The quantitative estimate of drug-likeness (QED) is 0.494. The van der Waals surface area contributed by atoms with Crippen molar-refractivity contribution in [1.29, 1.82) is 0 Å². The summed E-state index contributed by atoms with van der Waals surface area (Å²) in [5.41, 5.74) is 1.41. The van der Waals surface area contributed by atoms with Gasteiger partial charge in [0.15, 0.2) is 17.4 Å². The van der Waals surface area contributed by atoms with Gasteiger partial charge in [0.25, 0.3) is 5.89 Å². The van der Waals surface area contributed by atoms with E-state index in [0.29, 0.717) is 41.8 Å². The van der Waals surface area contributed by atoms with Gasteiger partial charge in [0, 0.05) is 37.2 Å². The molecule has 0 N–H and O–H groups in total. The van der Waals surface area contributed by atoms with E-state index >= 15 is 0 Å². The van der Waals surface area contributed by atoms with Gasteiger partial charge in [-0.1, -0.05) is 10.3 Å². The van der Waals surface area contributed by atoms with Crippen molar-refractivity contribution in [2.24, 2.45) is 0 Å². The zero-order valence-electron chi connectivity index (χ0n) is 15.0.